The van der Waals surface area contributed by atoms with Crippen molar-refractivity contribution in [1.29, 1.82) is 0 Å². The highest BCUT2D eigenvalue weighted by molar-refractivity contribution is 4.81. The number of nitrogens with zero attached hydrogens (tertiary/aromatic N) is 1. The molecule has 0 aromatic carbocycles. The third kappa shape index (κ3) is 1.48. The van der Waals surface area contributed by atoms with Crippen molar-refractivity contribution in [3.63, 3.8) is 0 Å². The lowest BCUT2D eigenvalue weighted by atomic mass is 10.1. The molecular weight excluding hydrogens is 126 g/mol. The van der Waals surface area contributed by atoms with Crippen molar-refractivity contribution in [2.24, 2.45) is 5.73 Å². The summed E-state index contributed by atoms with van der Waals surface area (Å²) >= 11 is 0. The van der Waals surface area contributed by atoms with Crippen molar-refractivity contribution < 1.29 is 0 Å². The first-order valence-electron chi connectivity index (χ1n) is 3.80. The predicted molar refractivity (Wildman–Crippen MR) is 42.2 cm³/mol. The SMILES string of the molecule is CC(C)(C)N1NCCC1N. The summed E-state index contributed by atoms with van der Waals surface area (Å²) in [6, 6.07) is 0. The molecule has 1 aliphatic heterocycles. The highest BCUT2D eigenvalue weighted by Crippen LogP contribution is 2.16. The average molecular weight is 143 g/mol. The van der Waals surface area contributed by atoms with Crippen molar-refractivity contribution in [2.45, 2.75) is 38.9 Å². The molecule has 1 aliphatic rings. The van der Waals surface area contributed by atoms with Gasteiger partial charge in [0.05, 0.1) is 6.17 Å². The molecule has 1 heterocycles. The zero-order valence-electron chi connectivity index (χ0n) is 7.02. The van der Waals surface area contributed by atoms with Crippen molar-refractivity contribution in [3.05, 3.63) is 0 Å². The molecule has 3 N–H and O–H groups in total. The molecule has 0 spiro atoms. The fourth-order valence-electron chi connectivity index (χ4n) is 1.31. The van der Waals surface area contributed by atoms with E-state index in [4.69, 9.17) is 5.73 Å². The molecule has 0 aliphatic carbocycles. The van der Waals surface area contributed by atoms with Crippen LogP contribution in [-0.4, -0.2) is 23.3 Å². The molecule has 1 rings (SSSR count). The van der Waals surface area contributed by atoms with Crippen LogP contribution in [0.2, 0.25) is 0 Å². The zero-order chi connectivity index (χ0) is 7.78. The van der Waals surface area contributed by atoms with Crippen molar-refractivity contribution in [3.8, 4) is 0 Å². The molecule has 10 heavy (non-hydrogen) atoms. The van der Waals surface area contributed by atoms with Crippen LogP contribution in [0.4, 0.5) is 0 Å². The molecule has 1 atom stereocenters. The number of hydrazine groups is 1. The summed E-state index contributed by atoms with van der Waals surface area (Å²) in [6.45, 7) is 7.49. The van der Waals surface area contributed by atoms with E-state index in [1.165, 1.54) is 0 Å². The van der Waals surface area contributed by atoms with E-state index in [1.54, 1.807) is 0 Å². The number of nitrogens with two attached hydrogens (primary N) is 1. The van der Waals surface area contributed by atoms with Crippen LogP contribution >= 0.6 is 0 Å². The normalized spacial score (nSPS) is 29.4. The van der Waals surface area contributed by atoms with Gasteiger partial charge in [0.15, 0.2) is 0 Å². The Bertz CT molecular complexity index is 117. The van der Waals surface area contributed by atoms with Crippen LogP contribution in [0.1, 0.15) is 27.2 Å². The molecular formula is C7H17N3. The smallest absolute Gasteiger partial charge is 0.0726 e. The number of hydrogen-bond donors (Lipinski definition) is 2. The van der Waals surface area contributed by atoms with Crippen molar-refractivity contribution in [2.75, 3.05) is 6.54 Å². The topological polar surface area (TPSA) is 41.3 Å². The van der Waals surface area contributed by atoms with E-state index in [-0.39, 0.29) is 11.7 Å². The Labute approximate surface area is 62.5 Å². The lowest BCUT2D eigenvalue weighted by Gasteiger charge is -2.34. The third-order valence-corrected chi connectivity index (χ3v) is 1.78. The highest BCUT2D eigenvalue weighted by Gasteiger charge is 2.29. The summed E-state index contributed by atoms with van der Waals surface area (Å²) < 4.78 is 0. The minimum atomic E-state index is 0.149. The first kappa shape index (κ1) is 7.98. The van der Waals surface area contributed by atoms with Gasteiger partial charge >= 0.3 is 0 Å². The first-order valence-corrected chi connectivity index (χ1v) is 3.80. The van der Waals surface area contributed by atoms with E-state index in [2.05, 4.69) is 31.2 Å². The van der Waals surface area contributed by atoms with Crippen LogP contribution in [-0.2, 0) is 0 Å². The maximum Gasteiger partial charge on any atom is 0.0726 e. The molecule has 3 nitrogen and oxygen atoms in total. The maximum atomic E-state index is 5.83. The first-order chi connectivity index (χ1) is 4.52. The fraction of sp³-hybridized carbons (Fsp3) is 1.00. The summed E-state index contributed by atoms with van der Waals surface area (Å²) in [5, 5.41) is 2.12. The van der Waals surface area contributed by atoms with Crippen LogP contribution in [0.5, 0.6) is 0 Å². The number of hydrogen-bond acceptors (Lipinski definition) is 3. The molecule has 0 amide bonds. The minimum Gasteiger partial charge on any atom is -0.315 e. The van der Waals surface area contributed by atoms with Gasteiger partial charge in [-0.25, -0.2) is 5.01 Å². The summed E-state index contributed by atoms with van der Waals surface area (Å²) in [6.07, 6.45) is 1.25. The molecule has 0 aromatic rings. The van der Waals surface area contributed by atoms with Crippen LogP contribution in [0.25, 0.3) is 0 Å². The Balaban J connectivity index is 2.55. The molecule has 1 saturated heterocycles. The predicted octanol–water partition coefficient (Wildman–Crippen LogP) is 0.280. The Morgan fingerprint density at radius 1 is 1.50 bits per heavy atom. The number of nitrogens with one attached hydrogen (secondary N) is 1. The van der Waals surface area contributed by atoms with Crippen LogP contribution in [0.15, 0.2) is 0 Å². The summed E-state index contributed by atoms with van der Waals surface area (Å²) in [5.74, 6) is 0. The standard InChI is InChI=1S/C7H17N3/c1-7(2,3)10-6(8)4-5-9-10/h6,9H,4-5,8H2,1-3H3. The van der Waals surface area contributed by atoms with Gasteiger partial charge in [0.25, 0.3) is 0 Å². The monoisotopic (exact) mass is 143 g/mol. The van der Waals surface area contributed by atoms with Gasteiger partial charge < -0.3 is 5.73 Å². The largest absolute Gasteiger partial charge is 0.315 e. The van der Waals surface area contributed by atoms with Gasteiger partial charge in [-0.3, -0.25) is 5.43 Å². The molecule has 3 heteroatoms. The van der Waals surface area contributed by atoms with E-state index in [9.17, 15) is 0 Å². The molecule has 0 bridgehead atoms. The minimum absolute atomic E-state index is 0.149. The summed E-state index contributed by atoms with van der Waals surface area (Å²) in [7, 11) is 0. The van der Waals surface area contributed by atoms with Gasteiger partial charge in [0.2, 0.25) is 0 Å². The van der Waals surface area contributed by atoms with E-state index in [0.717, 1.165) is 13.0 Å². The van der Waals surface area contributed by atoms with Gasteiger partial charge in [-0.1, -0.05) is 0 Å². The second-order valence-electron chi connectivity index (χ2n) is 3.80. The second-order valence-corrected chi connectivity index (χ2v) is 3.80. The quantitative estimate of drug-likeness (QED) is 0.512. The zero-order valence-corrected chi connectivity index (χ0v) is 7.02. The van der Waals surface area contributed by atoms with E-state index < -0.39 is 0 Å². The Hall–Kier alpha value is -0.120. The molecule has 1 fully saturated rings. The lowest BCUT2D eigenvalue weighted by molar-refractivity contribution is 0.0714. The van der Waals surface area contributed by atoms with E-state index >= 15 is 0 Å². The van der Waals surface area contributed by atoms with E-state index in [0.29, 0.717) is 0 Å². The van der Waals surface area contributed by atoms with Crippen LogP contribution < -0.4 is 11.2 Å². The molecule has 60 valence electrons. The highest BCUT2D eigenvalue weighted by atomic mass is 15.6. The van der Waals surface area contributed by atoms with Gasteiger partial charge in [0, 0.05) is 12.1 Å². The molecule has 0 radical (unpaired) electrons. The summed E-state index contributed by atoms with van der Waals surface area (Å²) in [5.41, 5.74) is 9.23. The summed E-state index contributed by atoms with van der Waals surface area (Å²) in [4.78, 5) is 0. The van der Waals surface area contributed by atoms with Crippen LogP contribution in [0.3, 0.4) is 0 Å². The Morgan fingerprint density at radius 2 is 2.10 bits per heavy atom. The number of rotatable bonds is 0. The van der Waals surface area contributed by atoms with Gasteiger partial charge in [0.1, 0.15) is 0 Å². The molecule has 1 unspecified atom stereocenters. The average Bonchev–Trinajstić information content (AvgIpc) is 2.11. The Morgan fingerprint density at radius 3 is 2.30 bits per heavy atom. The van der Waals surface area contributed by atoms with Crippen LogP contribution in [0, 0.1) is 0 Å². The molecule has 0 saturated carbocycles. The van der Waals surface area contributed by atoms with Gasteiger partial charge in [-0.15, -0.1) is 0 Å². The van der Waals surface area contributed by atoms with Gasteiger partial charge in [-0.05, 0) is 27.2 Å². The van der Waals surface area contributed by atoms with Gasteiger partial charge in [-0.2, -0.15) is 0 Å². The third-order valence-electron chi connectivity index (χ3n) is 1.78. The second kappa shape index (κ2) is 2.49. The Kier molecular flexibility index (Phi) is 1.99. The van der Waals surface area contributed by atoms with Crippen molar-refractivity contribution >= 4 is 0 Å². The lowest BCUT2D eigenvalue weighted by Crippen LogP contribution is -2.53. The molecule has 0 aromatic heterocycles. The van der Waals surface area contributed by atoms with E-state index in [1.807, 2.05) is 0 Å². The maximum absolute atomic E-state index is 5.83. The fourth-order valence-corrected chi connectivity index (χ4v) is 1.31. The van der Waals surface area contributed by atoms with Crippen molar-refractivity contribution in [1.82, 2.24) is 10.4 Å².